The fraction of sp³-hybridized carbons (Fsp3) is 0.412. The first-order chi connectivity index (χ1) is 9.15. The fourth-order valence-corrected chi connectivity index (χ4v) is 2.28. The van der Waals surface area contributed by atoms with Crippen molar-refractivity contribution in [1.82, 2.24) is 0 Å². The minimum atomic E-state index is 0.677. The summed E-state index contributed by atoms with van der Waals surface area (Å²) in [6, 6.07) is 8.76. The maximum atomic E-state index is 5.66. The molecule has 2 nitrogen and oxygen atoms in total. The molecule has 0 aliphatic heterocycles. The van der Waals surface area contributed by atoms with E-state index < -0.39 is 0 Å². The maximum Gasteiger partial charge on any atom is 0.122 e. The lowest BCUT2D eigenvalue weighted by Gasteiger charge is -2.12. The summed E-state index contributed by atoms with van der Waals surface area (Å²) in [7, 11) is 0. The number of hydrogen-bond donors (Lipinski definition) is 0. The quantitative estimate of drug-likeness (QED) is 0.791. The molecule has 0 N–H and O–H groups in total. The summed E-state index contributed by atoms with van der Waals surface area (Å²) in [6.45, 7) is 10.4. The van der Waals surface area contributed by atoms with Gasteiger partial charge in [0.2, 0.25) is 0 Å². The molecule has 0 aliphatic carbocycles. The van der Waals surface area contributed by atoms with Gasteiger partial charge in [-0.2, -0.15) is 0 Å². The van der Waals surface area contributed by atoms with Crippen LogP contribution in [0.15, 0.2) is 24.3 Å². The molecule has 0 aliphatic rings. The molecule has 0 radical (unpaired) electrons. The predicted octanol–water partition coefficient (Wildman–Crippen LogP) is 4.39. The lowest BCUT2D eigenvalue weighted by Crippen LogP contribution is -1.97. The van der Waals surface area contributed by atoms with Crippen molar-refractivity contribution in [2.75, 3.05) is 13.2 Å². The first-order valence-corrected chi connectivity index (χ1v) is 6.90. The zero-order chi connectivity index (χ0) is 13.8. The van der Waals surface area contributed by atoms with Gasteiger partial charge in [0.25, 0.3) is 0 Å². The second kappa shape index (κ2) is 6.07. The molecule has 0 bridgehead atoms. The van der Waals surface area contributed by atoms with Gasteiger partial charge in [0, 0.05) is 6.61 Å². The number of rotatable bonds is 5. The van der Waals surface area contributed by atoms with Gasteiger partial charge in [-0.05, 0) is 73.4 Å². The summed E-state index contributed by atoms with van der Waals surface area (Å²) in [5.41, 5.74) is 3.72. The van der Waals surface area contributed by atoms with Crippen LogP contribution in [0.1, 0.15) is 30.5 Å². The Labute approximate surface area is 115 Å². The Morgan fingerprint density at radius 2 is 1.53 bits per heavy atom. The highest BCUT2D eigenvalue weighted by Gasteiger charge is 2.06. The highest BCUT2D eigenvalue weighted by Crippen LogP contribution is 2.28. The number of benzene rings is 2. The molecule has 102 valence electrons. The van der Waals surface area contributed by atoms with E-state index in [1.54, 1.807) is 0 Å². The van der Waals surface area contributed by atoms with Crippen molar-refractivity contribution in [3.63, 3.8) is 0 Å². The maximum absolute atomic E-state index is 5.66. The van der Waals surface area contributed by atoms with E-state index in [4.69, 9.17) is 9.47 Å². The fourth-order valence-electron chi connectivity index (χ4n) is 2.28. The molecule has 0 saturated heterocycles. The van der Waals surface area contributed by atoms with Gasteiger partial charge < -0.3 is 9.47 Å². The minimum Gasteiger partial charge on any atom is -0.494 e. The molecule has 0 heterocycles. The Bertz CT molecular complexity index is 573. The molecule has 2 aromatic rings. The van der Waals surface area contributed by atoms with E-state index in [9.17, 15) is 0 Å². The van der Waals surface area contributed by atoms with Crippen LogP contribution in [-0.2, 0) is 11.3 Å². The van der Waals surface area contributed by atoms with Crippen LogP contribution in [0.2, 0.25) is 0 Å². The smallest absolute Gasteiger partial charge is 0.122 e. The minimum absolute atomic E-state index is 0.677. The van der Waals surface area contributed by atoms with Gasteiger partial charge in [-0.1, -0.05) is 6.07 Å². The Kier molecular flexibility index (Phi) is 4.43. The zero-order valence-corrected chi connectivity index (χ0v) is 12.2. The first kappa shape index (κ1) is 13.9. The molecule has 0 spiro atoms. The molecule has 0 unspecified atom stereocenters. The summed E-state index contributed by atoms with van der Waals surface area (Å²) < 4.78 is 11.2. The van der Waals surface area contributed by atoms with E-state index in [1.165, 1.54) is 27.5 Å². The van der Waals surface area contributed by atoms with Crippen molar-refractivity contribution in [3.8, 4) is 5.75 Å². The molecule has 0 saturated carbocycles. The number of aryl methyl sites for hydroxylation is 2. The van der Waals surface area contributed by atoms with Crippen LogP contribution >= 0.6 is 0 Å². The topological polar surface area (TPSA) is 18.5 Å². The largest absolute Gasteiger partial charge is 0.494 e. The summed E-state index contributed by atoms with van der Waals surface area (Å²) in [5, 5.41) is 2.48. The Morgan fingerprint density at radius 1 is 0.842 bits per heavy atom. The second-order valence-electron chi connectivity index (χ2n) is 4.81. The van der Waals surface area contributed by atoms with Gasteiger partial charge >= 0.3 is 0 Å². The van der Waals surface area contributed by atoms with Crippen molar-refractivity contribution in [1.29, 1.82) is 0 Å². The summed E-state index contributed by atoms with van der Waals surface area (Å²) >= 11 is 0. The van der Waals surface area contributed by atoms with Gasteiger partial charge in [0.15, 0.2) is 0 Å². The van der Waals surface area contributed by atoms with Crippen LogP contribution in [0.3, 0.4) is 0 Å². The summed E-state index contributed by atoms with van der Waals surface area (Å²) in [5.74, 6) is 0.973. The average Bonchev–Trinajstić information content (AvgIpc) is 2.38. The molecule has 2 rings (SSSR count). The monoisotopic (exact) mass is 258 g/mol. The SMILES string of the molecule is CCOCc1cc2cc(OCC)c(C)cc2cc1C. The van der Waals surface area contributed by atoms with Crippen LogP contribution in [-0.4, -0.2) is 13.2 Å². The third-order valence-electron chi connectivity index (χ3n) is 3.35. The van der Waals surface area contributed by atoms with Crippen LogP contribution in [0.5, 0.6) is 5.75 Å². The lowest BCUT2D eigenvalue weighted by molar-refractivity contribution is 0.134. The van der Waals surface area contributed by atoms with Gasteiger partial charge in [0.1, 0.15) is 5.75 Å². The van der Waals surface area contributed by atoms with Gasteiger partial charge in [-0.25, -0.2) is 0 Å². The molecular formula is C17H22O2. The highest BCUT2D eigenvalue weighted by atomic mass is 16.5. The van der Waals surface area contributed by atoms with Crippen molar-refractivity contribution >= 4 is 10.8 Å². The van der Waals surface area contributed by atoms with E-state index in [0.717, 1.165) is 12.4 Å². The Hall–Kier alpha value is -1.54. The molecule has 0 aromatic heterocycles. The summed E-state index contributed by atoms with van der Waals surface area (Å²) in [4.78, 5) is 0. The van der Waals surface area contributed by atoms with Gasteiger partial charge in [0.05, 0.1) is 13.2 Å². The van der Waals surface area contributed by atoms with Crippen LogP contribution in [0, 0.1) is 13.8 Å². The van der Waals surface area contributed by atoms with E-state index >= 15 is 0 Å². The Balaban J connectivity index is 2.47. The predicted molar refractivity (Wildman–Crippen MR) is 79.9 cm³/mol. The lowest BCUT2D eigenvalue weighted by atomic mass is 10.00. The van der Waals surface area contributed by atoms with Crippen molar-refractivity contribution < 1.29 is 9.47 Å². The molecule has 19 heavy (non-hydrogen) atoms. The van der Waals surface area contributed by atoms with Gasteiger partial charge in [-0.15, -0.1) is 0 Å². The third-order valence-corrected chi connectivity index (χ3v) is 3.35. The average molecular weight is 258 g/mol. The molecular weight excluding hydrogens is 236 g/mol. The zero-order valence-electron chi connectivity index (χ0n) is 12.2. The van der Waals surface area contributed by atoms with Crippen LogP contribution < -0.4 is 4.74 Å². The molecule has 0 atom stereocenters. The van der Waals surface area contributed by atoms with Gasteiger partial charge in [-0.3, -0.25) is 0 Å². The molecule has 0 amide bonds. The molecule has 2 aromatic carbocycles. The molecule has 0 fully saturated rings. The second-order valence-corrected chi connectivity index (χ2v) is 4.81. The third kappa shape index (κ3) is 3.07. The summed E-state index contributed by atoms with van der Waals surface area (Å²) in [6.07, 6.45) is 0. The van der Waals surface area contributed by atoms with Crippen molar-refractivity contribution in [3.05, 3.63) is 41.0 Å². The number of ether oxygens (including phenoxy) is 2. The van der Waals surface area contributed by atoms with E-state index in [1.807, 2.05) is 13.8 Å². The highest BCUT2D eigenvalue weighted by molar-refractivity contribution is 5.86. The van der Waals surface area contributed by atoms with E-state index in [0.29, 0.717) is 13.2 Å². The van der Waals surface area contributed by atoms with Crippen LogP contribution in [0.4, 0.5) is 0 Å². The van der Waals surface area contributed by atoms with Crippen LogP contribution in [0.25, 0.3) is 10.8 Å². The number of hydrogen-bond acceptors (Lipinski definition) is 2. The normalized spacial score (nSPS) is 10.9. The van der Waals surface area contributed by atoms with E-state index in [2.05, 4.69) is 38.1 Å². The molecule has 2 heteroatoms. The van der Waals surface area contributed by atoms with Crippen molar-refractivity contribution in [2.24, 2.45) is 0 Å². The first-order valence-electron chi connectivity index (χ1n) is 6.90. The standard InChI is InChI=1S/C17H22O2/c1-5-18-11-16-9-15-10-17(19-6-2)13(4)8-14(15)7-12(16)3/h7-10H,5-6,11H2,1-4H3. The number of fused-ring (bicyclic) bond motifs is 1. The van der Waals surface area contributed by atoms with Crippen molar-refractivity contribution in [2.45, 2.75) is 34.3 Å². The Morgan fingerprint density at radius 3 is 2.21 bits per heavy atom. The van der Waals surface area contributed by atoms with E-state index in [-0.39, 0.29) is 0 Å².